The maximum atomic E-state index is 11.8. The molecular formula is C12H12BrNO4. The molecule has 6 heteroatoms. The van der Waals surface area contributed by atoms with Gasteiger partial charge in [0.25, 0.3) is 0 Å². The third kappa shape index (κ3) is 2.81. The molecule has 0 heterocycles. The number of ether oxygens (including phenoxy) is 1. The van der Waals surface area contributed by atoms with Crippen molar-refractivity contribution in [3.8, 4) is 5.75 Å². The summed E-state index contributed by atoms with van der Waals surface area (Å²) in [6.45, 7) is 0. The smallest absolute Gasteiger partial charge is 0.307 e. The lowest BCUT2D eigenvalue weighted by atomic mass is 10.2. The van der Waals surface area contributed by atoms with Gasteiger partial charge in [0.15, 0.2) is 0 Å². The van der Waals surface area contributed by atoms with E-state index >= 15 is 0 Å². The van der Waals surface area contributed by atoms with Gasteiger partial charge in [-0.25, -0.2) is 0 Å². The van der Waals surface area contributed by atoms with Crippen LogP contribution in [0.3, 0.4) is 0 Å². The van der Waals surface area contributed by atoms with Crippen LogP contribution in [0.4, 0.5) is 5.69 Å². The molecule has 0 saturated heterocycles. The average Bonchev–Trinajstić information content (AvgIpc) is 3.07. The first kappa shape index (κ1) is 12.9. The number of carboxylic acid groups (broad SMARTS) is 1. The fourth-order valence-corrected chi connectivity index (χ4v) is 2.22. The van der Waals surface area contributed by atoms with Gasteiger partial charge in [0.2, 0.25) is 5.91 Å². The van der Waals surface area contributed by atoms with Gasteiger partial charge in [-0.3, -0.25) is 9.59 Å². The summed E-state index contributed by atoms with van der Waals surface area (Å²) in [6.07, 6.45) is 0.409. The lowest BCUT2D eigenvalue weighted by molar-refractivity contribution is -0.139. The van der Waals surface area contributed by atoms with Crippen LogP contribution in [0.2, 0.25) is 0 Å². The van der Waals surface area contributed by atoms with Crippen molar-refractivity contribution in [3.63, 3.8) is 0 Å². The molecule has 18 heavy (non-hydrogen) atoms. The first-order valence-corrected chi connectivity index (χ1v) is 6.19. The van der Waals surface area contributed by atoms with Crippen molar-refractivity contribution < 1.29 is 19.4 Å². The van der Waals surface area contributed by atoms with E-state index in [1.165, 1.54) is 7.11 Å². The zero-order chi connectivity index (χ0) is 13.3. The number of anilines is 1. The van der Waals surface area contributed by atoms with Crippen molar-refractivity contribution >= 4 is 33.5 Å². The highest BCUT2D eigenvalue weighted by molar-refractivity contribution is 9.10. The monoisotopic (exact) mass is 313 g/mol. The standard InChI is InChI=1S/C12H12BrNO4/c1-18-8-3-6(13)2-7(4-8)14-11(15)9-5-10(9)12(16)17/h2-4,9-10H,5H2,1H3,(H,14,15)(H,16,17). The van der Waals surface area contributed by atoms with Crippen LogP contribution in [-0.4, -0.2) is 24.1 Å². The van der Waals surface area contributed by atoms with E-state index in [0.717, 1.165) is 4.47 Å². The zero-order valence-corrected chi connectivity index (χ0v) is 11.2. The largest absolute Gasteiger partial charge is 0.497 e. The lowest BCUT2D eigenvalue weighted by Crippen LogP contribution is -2.16. The molecule has 5 nitrogen and oxygen atoms in total. The molecule has 1 aromatic rings. The van der Waals surface area contributed by atoms with Crippen LogP contribution < -0.4 is 10.1 Å². The van der Waals surface area contributed by atoms with Crippen LogP contribution in [0.25, 0.3) is 0 Å². The molecule has 2 atom stereocenters. The van der Waals surface area contributed by atoms with Crippen molar-refractivity contribution in [1.29, 1.82) is 0 Å². The summed E-state index contributed by atoms with van der Waals surface area (Å²) in [6, 6.07) is 5.19. The molecule has 0 radical (unpaired) electrons. The maximum absolute atomic E-state index is 11.8. The van der Waals surface area contributed by atoms with E-state index in [9.17, 15) is 9.59 Å². The van der Waals surface area contributed by atoms with Gasteiger partial charge < -0.3 is 15.2 Å². The molecule has 1 aromatic carbocycles. The van der Waals surface area contributed by atoms with Crippen LogP contribution >= 0.6 is 15.9 Å². The van der Waals surface area contributed by atoms with E-state index in [0.29, 0.717) is 17.9 Å². The Hall–Kier alpha value is -1.56. The number of hydrogen-bond acceptors (Lipinski definition) is 3. The summed E-state index contributed by atoms with van der Waals surface area (Å²) in [5, 5.41) is 11.4. The number of rotatable bonds is 4. The van der Waals surface area contributed by atoms with Crippen LogP contribution in [-0.2, 0) is 9.59 Å². The Kier molecular flexibility index (Phi) is 3.56. The number of benzene rings is 1. The minimum atomic E-state index is -0.915. The third-order valence-electron chi connectivity index (χ3n) is 2.82. The van der Waals surface area contributed by atoms with Gasteiger partial charge in [0.1, 0.15) is 5.75 Å². The van der Waals surface area contributed by atoms with Crippen molar-refractivity contribution in [2.75, 3.05) is 12.4 Å². The first-order valence-electron chi connectivity index (χ1n) is 5.39. The molecule has 0 aliphatic heterocycles. The molecule has 2 rings (SSSR count). The number of carboxylic acids is 1. The fourth-order valence-electron chi connectivity index (χ4n) is 1.75. The second-order valence-corrected chi connectivity index (χ2v) is 5.07. The van der Waals surface area contributed by atoms with Gasteiger partial charge in [-0.15, -0.1) is 0 Å². The van der Waals surface area contributed by atoms with E-state index in [2.05, 4.69) is 21.2 Å². The summed E-state index contributed by atoms with van der Waals surface area (Å²) in [5.74, 6) is -1.53. The van der Waals surface area contributed by atoms with E-state index in [4.69, 9.17) is 9.84 Å². The quantitative estimate of drug-likeness (QED) is 0.892. The fraction of sp³-hybridized carbons (Fsp3) is 0.333. The molecule has 0 spiro atoms. The Morgan fingerprint density at radius 3 is 2.67 bits per heavy atom. The predicted octanol–water partition coefficient (Wildman–Crippen LogP) is 2.12. The predicted molar refractivity (Wildman–Crippen MR) is 68.6 cm³/mol. The minimum Gasteiger partial charge on any atom is -0.497 e. The highest BCUT2D eigenvalue weighted by atomic mass is 79.9. The molecule has 1 fully saturated rings. The molecule has 0 aromatic heterocycles. The molecule has 1 aliphatic rings. The first-order chi connectivity index (χ1) is 8.51. The molecular weight excluding hydrogens is 302 g/mol. The number of hydrogen-bond donors (Lipinski definition) is 2. The summed E-state index contributed by atoms with van der Waals surface area (Å²) >= 11 is 3.31. The second kappa shape index (κ2) is 4.97. The number of nitrogens with one attached hydrogen (secondary N) is 1. The van der Waals surface area contributed by atoms with E-state index in [-0.39, 0.29) is 5.91 Å². The Labute approximate surface area is 112 Å². The number of aliphatic carboxylic acids is 1. The lowest BCUT2D eigenvalue weighted by Gasteiger charge is -2.07. The van der Waals surface area contributed by atoms with Crippen molar-refractivity contribution in [2.24, 2.45) is 11.8 Å². The molecule has 96 valence electrons. The van der Waals surface area contributed by atoms with Gasteiger partial charge in [-0.2, -0.15) is 0 Å². The zero-order valence-electron chi connectivity index (χ0n) is 9.64. The molecule has 2 unspecified atom stereocenters. The number of halogens is 1. The van der Waals surface area contributed by atoms with Gasteiger partial charge in [0, 0.05) is 16.2 Å². The number of amides is 1. The van der Waals surface area contributed by atoms with Crippen LogP contribution in [0.5, 0.6) is 5.75 Å². The summed E-state index contributed by atoms with van der Waals surface area (Å²) < 4.78 is 5.86. The van der Waals surface area contributed by atoms with Crippen LogP contribution in [0.15, 0.2) is 22.7 Å². The van der Waals surface area contributed by atoms with E-state index in [1.807, 2.05) is 0 Å². The van der Waals surface area contributed by atoms with Crippen LogP contribution in [0.1, 0.15) is 6.42 Å². The van der Waals surface area contributed by atoms with Gasteiger partial charge in [-0.05, 0) is 18.6 Å². The molecule has 0 bridgehead atoms. The van der Waals surface area contributed by atoms with Crippen molar-refractivity contribution in [1.82, 2.24) is 0 Å². The number of carbonyl (C=O) groups excluding carboxylic acids is 1. The minimum absolute atomic E-state index is 0.262. The molecule has 1 amide bonds. The number of methoxy groups -OCH3 is 1. The van der Waals surface area contributed by atoms with E-state index in [1.54, 1.807) is 18.2 Å². The Bertz CT molecular complexity index is 503. The molecule has 1 saturated carbocycles. The van der Waals surface area contributed by atoms with Gasteiger partial charge in [-0.1, -0.05) is 15.9 Å². The highest BCUT2D eigenvalue weighted by Gasteiger charge is 2.48. The summed E-state index contributed by atoms with van der Waals surface area (Å²) in [7, 11) is 1.54. The maximum Gasteiger partial charge on any atom is 0.307 e. The van der Waals surface area contributed by atoms with Crippen molar-refractivity contribution in [3.05, 3.63) is 22.7 Å². The van der Waals surface area contributed by atoms with Gasteiger partial charge >= 0.3 is 5.97 Å². The molecule has 1 aliphatic carbocycles. The summed E-state index contributed by atoms with van der Waals surface area (Å²) in [4.78, 5) is 22.4. The Morgan fingerprint density at radius 1 is 1.39 bits per heavy atom. The Balaban J connectivity index is 2.04. The highest BCUT2D eigenvalue weighted by Crippen LogP contribution is 2.39. The number of carbonyl (C=O) groups is 2. The topological polar surface area (TPSA) is 75.6 Å². The summed E-state index contributed by atoms with van der Waals surface area (Å²) in [5.41, 5.74) is 0.585. The SMILES string of the molecule is COc1cc(Br)cc(NC(=O)C2CC2C(=O)O)c1. The van der Waals surface area contributed by atoms with Gasteiger partial charge in [0.05, 0.1) is 18.9 Å². The van der Waals surface area contributed by atoms with E-state index < -0.39 is 17.8 Å². The molecule has 2 N–H and O–H groups in total. The third-order valence-corrected chi connectivity index (χ3v) is 3.28. The second-order valence-electron chi connectivity index (χ2n) is 4.16. The normalized spacial score (nSPS) is 21.2. The Morgan fingerprint density at radius 2 is 2.11 bits per heavy atom. The van der Waals surface area contributed by atoms with Crippen LogP contribution in [0, 0.1) is 11.8 Å². The average molecular weight is 314 g/mol. The van der Waals surface area contributed by atoms with Crippen molar-refractivity contribution in [2.45, 2.75) is 6.42 Å².